The highest BCUT2D eigenvalue weighted by Crippen LogP contribution is 2.39. The molecule has 0 unspecified atom stereocenters. The Morgan fingerprint density at radius 2 is 0.673 bits per heavy atom. The molecule has 52 heavy (non-hydrogen) atoms. The molecule has 0 saturated heterocycles. The molecule has 242 valence electrons. The van der Waals surface area contributed by atoms with Gasteiger partial charge in [-0.3, -0.25) is 9.97 Å². The zero-order chi connectivity index (χ0) is 34.4. The predicted molar refractivity (Wildman–Crippen MR) is 215 cm³/mol. The summed E-state index contributed by atoms with van der Waals surface area (Å²) < 4.78 is 0. The number of hydrogen-bond donors (Lipinski definition) is 0. The van der Waals surface area contributed by atoms with Gasteiger partial charge in [-0.25, -0.2) is 9.97 Å². The maximum Gasteiger partial charge on any atom is 0.160 e. The van der Waals surface area contributed by atoms with Crippen molar-refractivity contribution in [3.8, 4) is 56.2 Å². The normalized spacial score (nSPS) is 11.5. The van der Waals surface area contributed by atoms with Gasteiger partial charge in [0.25, 0.3) is 0 Å². The van der Waals surface area contributed by atoms with Crippen molar-refractivity contribution in [2.45, 2.75) is 0 Å². The number of hydrogen-bond acceptors (Lipinski definition) is 4. The number of pyridine rings is 2. The SMILES string of the molecule is c1ccc2c(-c3cc(-c4nc(-c5cccc6ccccc56)cc(-c5cccc6ccccc56)n4)cc(-c4cncc5ccccc45)c3)cncc2c1. The van der Waals surface area contributed by atoms with Crippen LogP contribution in [-0.4, -0.2) is 19.9 Å². The summed E-state index contributed by atoms with van der Waals surface area (Å²) in [5, 5.41) is 9.09. The Labute approximate surface area is 300 Å². The zero-order valence-corrected chi connectivity index (χ0v) is 28.1. The first-order valence-electron chi connectivity index (χ1n) is 17.4. The minimum Gasteiger partial charge on any atom is -0.263 e. The molecule has 3 aromatic heterocycles. The van der Waals surface area contributed by atoms with Crippen molar-refractivity contribution >= 4 is 43.1 Å². The van der Waals surface area contributed by atoms with Crippen LogP contribution in [0.2, 0.25) is 0 Å². The topological polar surface area (TPSA) is 51.6 Å². The van der Waals surface area contributed by atoms with Gasteiger partial charge in [0.1, 0.15) is 0 Å². The second-order valence-electron chi connectivity index (χ2n) is 13.1. The van der Waals surface area contributed by atoms with Crippen molar-refractivity contribution in [2.75, 3.05) is 0 Å². The van der Waals surface area contributed by atoms with Gasteiger partial charge in [-0.2, -0.15) is 0 Å². The zero-order valence-electron chi connectivity index (χ0n) is 28.1. The molecule has 0 amide bonds. The van der Waals surface area contributed by atoms with Crippen LogP contribution in [-0.2, 0) is 0 Å². The van der Waals surface area contributed by atoms with Crippen LogP contribution in [0.15, 0.2) is 183 Å². The Morgan fingerprint density at radius 3 is 1.15 bits per heavy atom. The molecule has 10 aromatic rings. The lowest BCUT2D eigenvalue weighted by molar-refractivity contribution is 1.19. The highest BCUT2D eigenvalue weighted by Gasteiger charge is 2.17. The van der Waals surface area contributed by atoms with E-state index in [9.17, 15) is 0 Å². The van der Waals surface area contributed by atoms with Gasteiger partial charge in [0.15, 0.2) is 5.82 Å². The molecule has 0 atom stereocenters. The van der Waals surface area contributed by atoms with Crippen LogP contribution in [0.4, 0.5) is 0 Å². The Hall–Kier alpha value is -7.04. The molecule has 0 fully saturated rings. The van der Waals surface area contributed by atoms with Crippen LogP contribution in [0, 0.1) is 0 Å². The van der Waals surface area contributed by atoms with Crippen LogP contribution >= 0.6 is 0 Å². The lowest BCUT2D eigenvalue weighted by atomic mass is 9.93. The second-order valence-corrected chi connectivity index (χ2v) is 13.1. The van der Waals surface area contributed by atoms with Crippen molar-refractivity contribution in [3.63, 3.8) is 0 Å². The van der Waals surface area contributed by atoms with Gasteiger partial charge < -0.3 is 0 Å². The first-order valence-corrected chi connectivity index (χ1v) is 17.4. The fraction of sp³-hybridized carbons (Fsp3) is 0. The van der Waals surface area contributed by atoms with E-state index in [0.29, 0.717) is 5.82 Å². The quantitative estimate of drug-likeness (QED) is 0.184. The van der Waals surface area contributed by atoms with Crippen molar-refractivity contribution in [1.82, 2.24) is 19.9 Å². The maximum absolute atomic E-state index is 5.38. The molecule has 4 heteroatoms. The van der Waals surface area contributed by atoms with Crippen LogP contribution in [0.3, 0.4) is 0 Å². The van der Waals surface area contributed by atoms with Gasteiger partial charge in [-0.1, -0.05) is 133 Å². The molecule has 0 aliphatic carbocycles. The molecule has 0 N–H and O–H groups in total. The van der Waals surface area contributed by atoms with E-state index in [-0.39, 0.29) is 0 Å². The van der Waals surface area contributed by atoms with Crippen molar-refractivity contribution in [3.05, 3.63) is 183 Å². The molecule has 4 nitrogen and oxygen atoms in total. The predicted octanol–water partition coefficient (Wildman–Crippen LogP) is 12.2. The van der Waals surface area contributed by atoms with Gasteiger partial charge in [0.2, 0.25) is 0 Å². The smallest absolute Gasteiger partial charge is 0.160 e. The van der Waals surface area contributed by atoms with E-state index in [1.165, 1.54) is 10.8 Å². The van der Waals surface area contributed by atoms with E-state index in [2.05, 4.69) is 168 Å². The molecule has 0 aliphatic rings. The first kappa shape index (κ1) is 29.8. The third-order valence-corrected chi connectivity index (χ3v) is 10.0. The molecule has 10 rings (SSSR count). The number of fused-ring (bicyclic) bond motifs is 4. The fourth-order valence-corrected chi connectivity index (χ4v) is 7.51. The van der Waals surface area contributed by atoms with Crippen LogP contribution in [0.5, 0.6) is 0 Å². The third-order valence-electron chi connectivity index (χ3n) is 10.0. The summed E-state index contributed by atoms with van der Waals surface area (Å²) in [5.41, 5.74) is 8.96. The van der Waals surface area contributed by atoms with Gasteiger partial charge >= 0.3 is 0 Å². The van der Waals surface area contributed by atoms with Gasteiger partial charge in [-0.05, 0) is 67.7 Å². The van der Waals surface area contributed by atoms with Crippen molar-refractivity contribution in [1.29, 1.82) is 0 Å². The summed E-state index contributed by atoms with van der Waals surface area (Å²) in [7, 11) is 0. The van der Waals surface area contributed by atoms with E-state index >= 15 is 0 Å². The molecular formula is C48H30N4. The van der Waals surface area contributed by atoms with Crippen LogP contribution in [0.1, 0.15) is 0 Å². The molecule has 0 aliphatic heterocycles. The summed E-state index contributed by atoms with van der Waals surface area (Å²) in [4.78, 5) is 20.1. The largest absolute Gasteiger partial charge is 0.263 e. The summed E-state index contributed by atoms with van der Waals surface area (Å²) >= 11 is 0. The molecule has 0 radical (unpaired) electrons. The van der Waals surface area contributed by atoms with Crippen LogP contribution < -0.4 is 0 Å². The Kier molecular flexibility index (Phi) is 7.10. The molecule has 3 heterocycles. The second kappa shape index (κ2) is 12.4. The number of aromatic nitrogens is 4. The fourth-order valence-electron chi connectivity index (χ4n) is 7.51. The minimum atomic E-state index is 0.651. The number of rotatable bonds is 5. The summed E-state index contributed by atoms with van der Waals surface area (Å²) in [6.07, 6.45) is 7.76. The summed E-state index contributed by atoms with van der Waals surface area (Å²) in [6, 6.07) is 55.4. The van der Waals surface area contributed by atoms with Crippen molar-refractivity contribution < 1.29 is 0 Å². The highest BCUT2D eigenvalue weighted by atomic mass is 14.9. The number of benzene rings is 7. The van der Waals surface area contributed by atoms with E-state index in [4.69, 9.17) is 9.97 Å². The van der Waals surface area contributed by atoms with Gasteiger partial charge in [0, 0.05) is 63.4 Å². The van der Waals surface area contributed by atoms with Crippen molar-refractivity contribution in [2.24, 2.45) is 0 Å². The highest BCUT2D eigenvalue weighted by molar-refractivity contribution is 6.02. The molecule has 0 bridgehead atoms. The van der Waals surface area contributed by atoms with E-state index in [0.717, 1.165) is 82.6 Å². The standard InChI is InChI=1S/C48H30N4/c1-5-17-38-31(11-1)15-9-21-42(38)46-26-47(43-22-10-16-32-12-2-6-18-39(32)43)52-48(51-46)37-24-35(44-29-49-27-33-13-3-7-19-40(33)44)23-36(25-37)45-30-50-28-34-14-4-8-20-41(34)45/h1-30H. The number of nitrogens with zero attached hydrogens (tertiary/aromatic N) is 4. The average Bonchev–Trinajstić information content (AvgIpc) is 3.22. The molecule has 0 saturated carbocycles. The lowest BCUT2D eigenvalue weighted by Crippen LogP contribution is -1.98. The van der Waals surface area contributed by atoms with Gasteiger partial charge in [-0.15, -0.1) is 0 Å². The van der Waals surface area contributed by atoms with Crippen LogP contribution in [0.25, 0.3) is 99.2 Å². The summed E-state index contributed by atoms with van der Waals surface area (Å²) in [6.45, 7) is 0. The Balaban J connectivity index is 1.28. The summed E-state index contributed by atoms with van der Waals surface area (Å²) in [5.74, 6) is 0.651. The Morgan fingerprint density at radius 1 is 0.288 bits per heavy atom. The van der Waals surface area contributed by atoms with E-state index in [1.54, 1.807) is 0 Å². The molecular weight excluding hydrogens is 633 g/mol. The average molecular weight is 663 g/mol. The first-order chi connectivity index (χ1) is 25.8. The molecule has 0 spiro atoms. The Bertz CT molecular complexity index is 2560. The minimum absolute atomic E-state index is 0.651. The third kappa shape index (κ3) is 5.17. The maximum atomic E-state index is 5.38. The van der Waals surface area contributed by atoms with Gasteiger partial charge in [0.05, 0.1) is 11.4 Å². The molecule has 7 aromatic carbocycles. The monoisotopic (exact) mass is 662 g/mol. The van der Waals surface area contributed by atoms with E-state index in [1.807, 2.05) is 24.8 Å². The lowest BCUT2D eigenvalue weighted by Gasteiger charge is -2.15. The van der Waals surface area contributed by atoms with E-state index < -0.39 is 0 Å².